The maximum Gasteiger partial charge on any atom is 0.122 e. The second-order valence-electron chi connectivity index (χ2n) is 4.19. The molecule has 1 heteroatoms. The minimum Gasteiger partial charge on any atom is -0.0631 e. The summed E-state index contributed by atoms with van der Waals surface area (Å²) in [6, 6.07) is 15.2. The van der Waals surface area contributed by atoms with Gasteiger partial charge in [0.05, 0.1) is 0 Å². The summed E-state index contributed by atoms with van der Waals surface area (Å²) in [4.78, 5) is 0. The molecule has 0 aromatic heterocycles. The van der Waals surface area contributed by atoms with Crippen LogP contribution in [-0.2, 0) is 0 Å². The van der Waals surface area contributed by atoms with Crippen molar-refractivity contribution in [2.24, 2.45) is 0 Å². The van der Waals surface area contributed by atoms with Gasteiger partial charge < -0.3 is 0 Å². The molecule has 0 heterocycles. The summed E-state index contributed by atoms with van der Waals surface area (Å²) in [5.41, 5.74) is 4.25. The average molecular weight is 224 g/mol. The Morgan fingerprint density at radius 3 is 2.06 bits per heavy atom. The molecule has 0 saturated heterocycles. The lowest BCUT2D eigenvalue weighted by atomic mass is 10.1. The molecule has 0 N–H and O–H groups in total. The lowest BCUT2D eigenvalue weighted by molar-refractivity contribution is 1.33. The topological polar surface area (TPSA) is 0 Å². The molecule has 0 atom stereocenters. The van der Waals surface area contributed by atoms with Gasteiger partial charge in [0.25, 0.3) is 0 Å². The molecule has 0 nitrogen and oxygen atoms in total. The van der Waals surface area contributed by atoms with Crippen molar-refractivity contribution in [1.29, 1.82) is 0 Å². The highest BCUT2D eigenvalue weighted by Gasteiger charge is 2.06. The maximum atomic E-state index is 2.23. The first kappa shape index (κ1) is 11.2. The lowest BCUT2D eigenvalue weighted by Crippen LogP contribution is -2.31. The van der Waals surface area contributed by atoms with Crippen LogP contribution in [0.4, 0.5) is 0 Å². The van der Waals surface area contributed by atoms with Gasteiger partial charge in [0.2, 0.25) is 0 Å². The molecule has 2 radical (unpaired) electrons. The summed E-state index contributed by atoms with van der Waals surface area (Å²) in [6.45, 7) is 6.62. The van der Waals surface area contributed by atoms with Gasteiger partial charge in [-0.25, -0.2) is 0 Å². The van der Waals surface area contributed by atoms with Crippen molar-refractivity contribution < 1.29 is 0 Å². The van der Waals surface area contributed by atoms with Gasteiger partial charge in [-0.1, -0.05) is 58.4 Å². The smallest absolute Gasteiger partial charge is 0.0631 e. The molecular weight excluding hydrogens is 208 g/mol. The zero-order valence-corrected chi connectivity index (χ0v) is 11.0. The Balaban J connectivity index is 2.38. The van der Waals surface area contributed by atoms with Crippen LogP contribution in [0.2, 0.25) is 0 Å². The van der Waals surface area contributed by atoms with Crippen molar-refractivity contribution in [1.82, 2.24) is 0 Å². The predicted molar refractivity (Wildman–Crippen MR) is 72.1 cm³/mol. The van der Waals surface area contributed by atoms with E-state index < -0.39 is 0 Å². The van der Waals surface area contributed by atoms with E-state index in [4.69, 9.17) is 0 Å². The quantitative estimate of drug-likeness (QED) is 0.687. The van der Waals surface area contributed by atoms with Gasteiger partial charge in [0, 0.05) is 0 Å². The summed E-state index contributed by atoms with van der Waals surface area (Å²) in [5.74, 6) is 0. The molecular formula is C15H16Si. The third-order valence-electron chi connectivity index (χ3n) is 2.99. The molecule has 0 bridgehead atoms. The van der Waals surface area contributed by atoms with Gasteiger partial charge in [-0.15, -0.1) is 0 Å². The largest absolute Gasteiger partial charge is 0.122 e. The molecule has 16 heavy (non-hydrogen) atoms. The van der Waals surface area contributed by atoms with E-state index in [1.165, 1.54) is 27.1 Å². The van der Waals surface area contributed by atoms with Crippen molar-refractivity contribution in [3.63, 3.8) is 0 Å². The first-order valence-corrected chi connectivity index (χ1v) is 6.57. The second-order valence-corrected chi connectivity index (χ2v) is 5.52. The summed E-state index contributed by atoms with van der Waals surface area (Å²) >= 11 is 0. The minimum atomic E-state index is 0.771. The summed E-state index contributed by atoms with van der Waals surface area (Å²) in [6.07, 6.45) is 0. The zero-order valence-electron chi connectivity index (χ0n) is 10.0. The Hall–Kier alpha value is -1.34. The van der Waals surface area contributed by atoms with Crippen LogP contribution >= 0.6 is 0 Å². The normalized spacial score (nSPS) is 10.4. The van der Waals surface area contributed by atoms with Gasteiger partial charge in [-0.2, -0.15) is 0 Å². The van der Waals surface area contributed by atoms with Gasteiger partial charge in [-0.3, -0.25) is 0 Å². The second kappa shape index (κ2) is 4.66. The highest BCUT2D eigenvalue weighted by Crippen LogP contribution is 2.06. The molecule has 2 rings (SSSR count). The minimum absolute atomic E-state index is 0.771. The van der Waals surface area contributed by atoms with Gasteiger partial charge in [0.1, 0.15) is 9.52 Å². The molecule has 2 aromatic carbocycles. The fourth-order valence-electron chi connectivity index (χ4n) is 1.81. The molecule has 80 valence electrons. The Labute approximate surface area is 100 Å². The molecule has 0 unspecified atom stereocenters. The highest BCUT2D eigenvalue weighted by atomic mass is 28.2. The number of aryl methyl sites for hydroxylation is 2. The van der Waals surface area contributed by atoms with Crippen molar-refractivity contribution >= 4 is 19.9 Å². The Morgan fingerprint density at radius 1 is 0.750 bits per heavy atom. The summed E-state index contributed by atoms with van der Waals surface area (Å²) in [7, 11) is 0.771. The molecule has 0 aliphatic rings. The van der Waals surface area contributed by atoms with Crippen molar-refractivity contribution in [3.05, 3.63) is 59.2 Å². The first-order valence-electron chi connectivity index (χ1n) is 5.57. The lowest BCUT2D eigenvalue weighted by Gasteiger charge is -2.11. The molecule has 0 aliphatic heterocycles. The van der Waals surface area contributed by atoms with E-state index in [0.29, 0.717) is 0 Å². The van der Waals surface area contributed by atoms with Crippen molar-refractivity contribution in [2.75, 3.05) is 0 Å². The van der Waals surface area contributed by atoms with E-state index in [1.807, 2.05) is 0 Å². The van der Waals surface area contributed by atoms with Gasteiger partial charge in [0.15, 0.2) is 0 Å². The van der Waals surface area contributed by atoms with Gasteiger partial charge >= 0.3 is 0 Å². The van der Waals surface area contributed by atoms with Gasteiger partial charge in [-0.05, 0) is 31.9 Å². The molecule has 0 amide bonds. The third-order valence-corrected chi connectivity index (χ3v) is 4.63. The standard InChI is InChI=1S/C15H16Si/c1-11-9-10-12(2)15(13(11)3)16-14-7-5-4-6-8-14/h4-10H,1-3H3. The summed E-state index contributed by atoms with van der Waals surface area (Å²) < 4.78 is 0. The van der Waals surface area contributed by atoms with E-state index in [1.54, 1.807) is 0 Å². The SMILES string of the molecule is Cc1ccc(C)c([Si]c2ccccc2)c1C. The van der Waals surface area contributed by atoms with Crippen LogP contribution in [0, 0.1) is 20.8 Å². The van der Waals surface area contributed by atoms with E-state index >= 15 is 0 Å². The molecule has 0 fully saturated rings. The van der Waals surface area contributed by atoms with E-state index in [-0.39, 0.29) is 0 Å². The fraction of sp³-hybridized carbons (Fsp3) is 0.200. The van der Waals surface area contributed by atoms with Crippen LogP contribution in [0.15, 0.2) is 42.5 Å². The molecule has 2 aromatic rings. The van der Waals surface area contributed by atoms with E-state index in [9.17, 15) is 0 Å². The number of hydrogen-bond acceptors (Lipinski definition) is 0. The third kappa shape index (κ3) is 2.25. The molecule has 0 saturated carbocycles. The van der Waals surface area contributed by atoms with Crippen LogP contribution in [0.1, 0.15) is 16.7 Å². The number of benzene rings is 2. The molecule has 0 spiro atoms. The van der Waals surface area contributed by atoms with Crippen LogP contribution < -0.4 is 10.4 Å². The van der Waals surface area contributed by atoms with Crippen LogP contribution in [-0.4, -0.2) is 9.52 Å². The highest BCUT2D eigenvalue weighted by molar-refractivity contribution is 6.68. The molecule has 0 aliphatic carbocycles. The average Bonchev–Trinajstić information content (AvgIpc) is 2.31. The van der Waals surface area contributed by atoms with Crippen molar-refractivity contribution in [3.8, 4) is 0 Å². The summed E-state index contributed by atoms with van der Waals surface area (Å²) in [5, 5.41) is 2.92. The van der Waals surface area contributed by atoms with Crippen LogP contribution in [0.25, 0.3) is 0 Å². The van der Waals surface area contributed by atoms with E-state index in [2.05, 4.69) is 63.2 Å². The number of hydrogen-bond donors (Lipinski definition) is 0. The van der Waals surface area contributed by atoms with Crippen molar-refractivity contribution in [2.45, 2.75) is 20.8 Å². The fourth-order valence-corrected chi connectivity index (χ4v) is 3.12. The first-order chi connectivity index (χ1) is 7.68. The zero-order chi connectivity index (χ0) is 11.5. The monoisotopic (exact) mass is 224 g/mol. The Bertz CT molecular complexity index is 486. The van der Waals surface area contributed by atoms with E-state index in [0.717, 1.165) is 9.52 Å². The van der Waals surface area contributed by atoms with Crippen LogP contribution in [0.5, 0.6) is 0 Å². The Morgan fingerprint density at radius 2 is 1.38 bits per heavy atom. The Kier molecular flexibility index (Phi) is 3.25. The maximum absolute atomic E-state index is 2.23. The number of rotatable bonds is 2. The van der Waals surface area contributed by atoms with Crippen LogP contribution in [0.3, 0.4) is 0 Å². The predicted octanol–water partition coefficient (Wildman–Crippen LogP) is 2.27.